The van der Waals surface area contributed by atoms with E-state index in [9.17, 15) is 27.9 Å². The van der Waals surface area contributed by atoms with Crippen LogP contribution >= 0.6 is 0 Å². The van der Waals surface area contributed by atoms with Crippen molar-refractivity contribution < 1.29 is 27.9 Å². The van der Waals surface area contributed by atoms with Crippen molar-refractivity contribution in [3.63, 3.8) is 0 Å². The van der Waals surface area contributed by atoms with Crippen molar-refractivity contribution in [2.75, 3.05) is 6.54 Å². The lowest BCUT2D eigenvalue weighted by molar-refractivity contribution is -0.139. The number of aryl methyl sites for hydroxylation is 1. The molecule has 27 heavy (non-hydrogen) atoms. The van der Waals surface area contributed by atoms with Crippen molar-refractivity contribution in [2.24, 2.45) is 0 Å². The van der Waals surface area contributed by atoms with Gasteiger partial charge in [0.05, 0.1) is 5.92 Å². The van der Waals surface area contributed by atoms with E-state index >= 15 is 0 Å². The number of nitrogens with zero attached hydrogens (tertiary/aromatic N) is 1. The zero-order valence-electron chi connectivity index (χ0n) is 14.4. The van der Waals surface area contributed by atoms with Gasteiger partial charge in [-0.1, -0.05) is 42.5 Å². The molecule has 2 aromatic carbocycles. The summed E-state index contributed by atoms with van der Waals surface area (Å²) in [7, 11) is 0. The number of carbonyl (C=O) groups is 2. The molecule has 3 rings (SSSR count). The monoisotopic (exact) mass is 377 g/mol. The molecule has 0 aromatic heterocycles. The van der Waals surface area contributed by atoms with Crippen LogP contribution in [0, 0.1) is 0 Å². The molecule has 0 bridgehead atoms. The summed E-state index contributed by atoms with van der Waals surface area (Å²) in [6.07, 6.45) is -5.62. The smallest absolute Gasteiger partial charge is 0.389 e. The van der Waals surface area contributed by atoms with Crippen LogP contribution in [0.2, 0.25) is 0 Å². The number of fused-ring (bicyclic) bond motifs is 1. The number of carboxylic acid groups (broad SMARTS) is 1. The zero-order chi connectivity index (χ0) is 19.6. The molecule has 0 aliphatic carbocycles. The minimum absolute atomic E-state index is 0.0151. The van der Waals surface area contributed by atoms with Crippen LogP contribution in [0.3, 0.4) is 0 Å². The zero-order valence-corrected chi connectivity index (χ0v) is 14.4. The van der Waals surface area contributed by atoms with Crippen LogP contribution in [-0.2, 0) is 17.8 Å². The average molecular weight is 377 g/mol. The lowest BCUT2D eigenvalue weighted by Crippen LogP contribution is -2.41. The molecule has 0 spiro atoms. The van der Waals surface area contributed by atoms with Gasteiger partial charge in [0.25, 0.3) is 5.91 Å². The number of rotatable bonds is 4. The Morgan fingerprint density at radius 1 is 1.07 bits per heavy atom. The van der Waals surface area contributed by atoms with E-state index in [0.717, 1.165) is 5.56 Å². The third-order valence-electron chi connectivity index (χ3n) is 4.71. The maximum atomic E-state index is 13.0. The van der Waals surface area contributed by atoms with Crippen molar-refractivity contribution in [3.8, 4) is 0 Å². The van der Waals surface area contributed by atoms with Gasteiger partial charge in [-0.25, -0.2) is 0 Å². The van der Waals surface area contributed by atoms with E-state index in [0.29, 0.717) is 11.1 Å². The molecule has 1 heterocycles. The Kier molecular flexibility index (Phi) is 5.21. The predicted octanol–water partition coefficient (Wildman–Crippen LogP) is 4.01. The second kappa shape index (κ2) is 7.42. The summed E-state index contributed by atoms with van der Waals surface area (Å²) in [5.41, 5.74) is 1.90. The molecule has 0 fully saturated rings. The third kappa shape index (κ3) is 4.30. The maximum absolute atomic E-state index is 13.0. The molecule has 1 N–H and O–H groups in total. The van der Waals surface area contributed by atoms with Crippen molar-refractivity contribution in [1.82, 2.24) is 4.90 Å². The van der Waals surface area contributed by atoms with E-state index in [4.69, 9.17) is 0 Å². The SMILES string of the molecule is O=C(O)C1CN(C(=O)c2ccccc2CCC(F)(F)F)Cc2ccccc21. The largest absolute Gasteiger partial charge is 0.481 e. The van der Waals surface area contributed by atoms with E-state index < -0.39 is 30.4 Å². The van der Waals surface area contributed by atoms with Gasteiger partial charge in [0.15, 0.2) is 0 Å². The van der Waals surface area contributed by atoms with Crippen molar-refractivity contribution >= 4 is 11.9 Å². The van der Waals surface area contributed by atoms with Crippen LogP contribution in [0.1, 0.15) is 39.4 Å². The summed E-state index contributed by atoms with van der Waals surface area (Å²) >= 11 is 0. The number of alkyl halides is 3. The molecular formula is C20H18F3NO3. The first-order valence-corrected chi connectivity index (χ1v) is 8.51. The number of benzene rings is 2. The second-order valence-electron chi connectivity index (χ2n) is 6.55. The van der Waals surface area contributed by atoms with Gasteiger partial charge in [-0.05, 0) is 29.2 Å². The minimum atomic E-state index is -4.31. The molecule has 1 amide bonds. The molecule has 0 saturated carbocycles. The highest BCUT2D eigenvalue weighted by Crippen LogP contribution is 2.30. The summed E-state index contributed by atoms with van der Waals surface area (Å²) in [6, 6.07) is 13.2. The molecule has 7 heteroatoms. The normalized spacial score (nSPS) is 16.7. The van der Waals surface area contributed by atoms with E-state index in [1.54, 1.807) is 36.4 Å². The van der Waals surface area contributed by atoms with Crippen LogP contribution < -0.4 is 0 Å². The van der Waals surface area contributed by atoms with Gasteiger partial charge < -0.3 is 10.0 Å². The maximum Gasteiger partial charge on any atom is 0.389 e. The Bertz CT molecular complexity index is 864. The molecule has 0 radical (unpaired) electrons. The van der Waals surface area contributed by atoms with Gasteiger partial charge >= 0.3 is 12.1 Å². The standard InChI is InChI=1S/C20H18F3NO3/c21-20(22,23)10-9-13-5-1-4-8-16(13)18(25)24-11-14-6-2-3-7-15(14)17(12-24)19(26)27/h1-8,17H,9-12H2,(H,26,27). The van der Waals surface area contributed by atoms with Crippen molar-refractivity contribution in [2.45, 2.75) is 31.5 Å². The lowest BCUT2D eigenvalue weighted by Gasteiger charge is -2.33. The fourth-order valence-electron chi connectivity index (χ4n) is 3.37. The molecule has 1 aliphatic heterocycles. The van der Waals surface area contributed by atoms with E-state index in [2.05, 4.69) is 0 Å². The van der Waals surface area contributed by atoms with Crippen molar-refractivity contribution in [3.05, 3.63) is 70.8 Å². The molecule has 1 aliphatic rings. The summed E-state index contributed by atoms with van der Waals surface area (Å²) in [5, 5.41) is 9.52. The Morgan fingerprint density at radius 2 is 1.74 bits per heavy atom. The van der Waals surface area contributed by atoms with E-state index in [1.807, 2.05) is 0 Å². The van der Waals surface area contributed by atoms with Crippen LogP contribution in [0.25, 0.3) is 0 Å². The molecule has 0 saturated heterocycles. The van der Waals surface area contributed by atoms with Crippen LogP contribution in [0.4, 0.5) is 13.2 Å². The predicted molar refractivity (Wildman–Crippen MR) is 92.4 cm³/mol. The summed E-state index contributed by atoms with van der Waals surface area (Å²) < 4.78 is 37.7. The average Bonchev–Trinajstić information content (AvgIpc) is 2.64. The molecule has 1 unspecified atom stereocenters. The molecule has 2 aromatic rings. The summed E-state index contributed by atoms with van der Waals surface area (Å²) in [5.74, 6) is -2.35. The Hall–Kier alpha value is -2.83. The van der Waals surface area contributed by atoms with Gasteiger partial charge in [0.1, 0.15) is 0 Å². The molecular weight excluding hydrogens is 359 g/mol. The first-order chi connectivity index (χ1) is 12.8. The van der Waals surface area contributed by atoms with Gasteiger partial charge in [0, 0.05) is 25.1 Å². The number of carbonyl (C=O) groups excluding carboxylic acids is 1. The highest BCUT2D eigenvalue weighted by molar-refractivity contribution is 5.96. The number of hydrogen-bond acceptors (Lipinski definition) is 2. The third-order valence-corrected chi connectivity index (χ3v) is 4.71. The Morgan fingerprint density at radius 3 is 2.44 bits per heavy atom. The quantitative estimate of drug-likeness (QED) is 0.876. The molecule has 142 valence electrons. The molecule has 4 nitrogen and oxygen atoms in total. The van der Waals surface area contributed by atoms with Gasteiger partial charge in [-0.15, -0.1) is 0 Å². The van der Waals surface area contributed by atoms with E-state index in [-0.39, 0.29) is 25.1 Å². The Balaban J connectivity index is 1.88. The first-order valence-electron chi connectivity index (χ1n) is 8.51. The lowest BCUT2D eigenvalue weighted by atomic mass is 9.89. The number of halogens is 3. The number of carboxylic acids is 1. The molecule has 1 atom stereocenters. The van der Waals surface area contributed by atoms with Crippen LogP contribution in [0.5, 0.6) is 0 Å². The first kappa shape index (κ1) is 18.9. The van der Waals surface area contributed by atoms with Gasteiger partial charge in [0.2, 0.25) is 0 Å². The highest BCUT2D eigenvalue weighted by atomic mass is 19.4. The summed E-state index contributed by atoms with van der Waals surface area (Å²) in [6.45, 7) is 0.213. The highest BCUT2D eigenvalue weighted by Gasteiger charge is 2.33. The van der Waals surface area contributed by atoms with Crippen LogP contribution in [0.15, 0.2) is 48.5 Å². The summed E-state index contributed by atoms with van der Waals surface area (Å²) in [4.78, 5) is 26.0. The second-order valence-corrected chi connectivity index (χ2v) is 6.55. The van der Waals surface area contributed by atoms with Gasteiger partial charge in [-0.2, -0.15) is 13.2 Å². The minimum Gasteiger partial charge on any atom is -0.481 e. The van der Waals surface area contributed by atoms with E-state index in [1.165, 1.54) is 17.0 Å². The topological polar surface area (TPSA) is 57.6 Å². The van der Waals surface area contributed by atoms with Crippen LogP contribution in [-0.4, -0.2) is 34.6 Å². The number of aliphatic carboxylic acids is 1. The fraction of sp³-hybridized carbons (Fsp3) is 0.300. The number of hydrogen-bond donors (Lipinski definition) is 1. The fourth-order valence-corrected chi connectivity index (χ4v) is 3.37. The van der Waals surface area contributed by atoms with Gasteiger partial charge in [-0.3, -0.25) is 9.59 Å². The van der Waals surface area contributed by atoms with Crippen molar-refractivity contribution in [1.29, 1.82) is 0 Å². The number of amides is 1. The Labute approximate surface area is 154 Å².